The number of piperazine rings is 1. The molecule has 3 saturated heterocycles. The van der Waals surface area contributed by atoms with Crippen molar-refractivity contribution in [1.82, 2.24) is 20.2 Å². The predicted molar refractivity (Wildman–Crippen MR) is 147 cm³/mol. The van der Waals surface area contributed by atoms with E-state index >= 15 is 8.78 Å². The minimum Gasteiger partial charge on any atom is -0.508 e. The molecular weight excluding hydrogens is 500 g/mol. The van der Waals surface area contributed by atoms with Gasteiger partial charge in [-0.05, 0) is 73.8 Å². The van der Waals surface area contributed by atoms with Gasteiger partial charge < -0.3 is 25.0 Å². The molecule has 4 heterocycles. The van der Waals surface area contributed by atoms with Crippen LogP contribution in [-0.4, -0.2) is 71.4 Å². The number of phenols is 1. The summed E-state index contributed by atoms with van der Waals surface area (Å²) in [5.74, 6) is -1.07. The quantitative estimate of drug-likeness (QED) is 0.382. The van der Waals surface area contributed by atoms with Crippen LogP contribution < -0.4 is 15.0 Å². The number of halogens is 2. The predicted octanol–water partition coefficient (Wildman–Crippen LogP) is 4.85. The summed E-state index contributed by atoms with van der Waals surface area (Å²) in [4.78, 5) is 13.6. The second-order valence-corrected chi connectivity index (χ2v) is 11.1. The number of rotatable bonds is 5. The molecule has 4 aromatic rings. The molecule has 3 aliphatic rings. The largest absolute Gasteiger partial charge is 0.508 e. The van der Waals surface area contributed by atoms with Gasteiger partial charge in [0.25, 0.3) is 0 Å². The van der Waals surface area contributed by atoms with Gasteiger partial charge in [-0.1, -0.05) is 24.3 Å². The SMILES string of the molecule is CN1CCC[C@H]1COc1nc(N2CC3CCC(C2)N3)c2cc(F)c(-c3cc(O)cc4ccccc34)c(F)c2n1. The van der Waals surface area contributed by atoms with Crippen molar-refractivity contribution in [3.63, 3.8) is 0 Å². The van der Waals surface area contributed by atoms with Crippen molar-refractivity contribution in [2.24, 2.45) is 0 Å². The van der Waals surface area contributed by atoms with E-state index in [2.05, 4.69) is 27.1 Å². The van der Waals surface area contributed by atoms with Crippen LogP contribution in [0.5, 0.6) is 11.8 Å². The van der Waals surface area contributed by atoms with Crippen molar-refractivity contribution < 1.29 is 18.6 Å². The van der Waals surface area contributed by atoms with Gasteiger partial charge in [-0.15, -0.1) is 0 Å². The summed E-state index contributed by atoms with van der Waals surface area (Å²) in [6.07, 6.45) is 4.26. The fourth-order valence-corrected chi connectivity index (χ4v) is 6.54. The van der Waals surface area contributed by atoms with Crippen LogP contribution in [0.1, 0.15) is 25.7 Å². The third-order valence-electron chi connectivity index (χ3n) is 8.55. The van der Waals surface area contributed by atoms with Crippen LogP contribution in [0.3, 0.4) is 0 Å². The summed E-state index contributed by atoms with van der Waals surface area (Å²) in [5.41, 5.74) is 0.0727. The molecule has 0 spiro atoms. The third kappa shape index (κ3) is 4.33. The lowest BCUT2D eigenvalue weighted by Gasteiger charge is -2.34. The standard InChI is InChI=1S/C30H31F2N5O2/c1-36-10-4-6-20(36)16-39-30-34-28-24(29(35-30)37-14-18-8-9-19(15-37)33-18)13-25(31)26(27(28)32)23-12-21(38)11-17-5-2-3-7-22(17)23/h2-3,5,7,11-13,18-20,33,38H,4,6,8-10,14-16H2,1H3/t18?,19?,20-/m0/s1. The molecule has 0 radical (unpaired) electrons. The Hall–Kier alpha value is -3.56. The number of likely N-dealkylation sites (tertiary alicyclic amines) is 1. The van der Waals surface area contributed by atoms with Crippen LogP contribution in [0.15, 0.2) is 42.5 Å². The highest BCUT2D eigenvalue weighted by atomic mass is 19.1. The molecule has 2 unspecified atom stereocenters. The number of hydrogen-bond donors (Lipinski definition) is 2. The van der Waals surface area contributed by atoms with Crippen molar-refractivity contribution in [1.29, 1.82) is 0 Å². The van der Waals surface area contributed by atoms with Gasteiger partial charge in [0.05, 0.1) is 5.56 Å². The van der Waals surface area contributed by atoms with Gasteiger partial charge in [-0.25, -0.2) is 8.78 Å². The molecule has 202 valence electrons. The molecule has 7 nitrogen and oxygen atoms in total. The molecule has 7 rings (SSSR count). The summed E-state index contributed by atoms with van der Waals surface area (Å²) >= 11 is 0. The maximum atomic E-state index is 16.5. The van der Waals surface area contributed by atoms with Gasteiger partial charge in [-0.3, -0.25) is 0 Å². The number of benzene rings is 3. The van der Waals surface area contributed by atoms with Crippen LogP contribution in [0.2, 0.25) is 0 Å². The van der Waals surface area contributed by atoms with Crippen molar-refractivity contribution >= 4 is 27.5 Å². The van der Waals surface area contributed by atoms with Gasteiger partial charge in [0.1, 0.15) is 29.5 Å². The molecule has 2 bridgehead atoms. The van der Waals surface area contributed by atoms with Crippen LogP contribution in [0.25, 0.3) is 32.8 Å². The maximum absolute atomic E-state index is 16.5. The zero-order valence-corrected chi connectivity index (χ0v) is 21.8. The van der Waals surface area contributed by atoms with E-state index in [0.29, 0.717) is 53.8 Å². The number of nitrogens with one attached hydrogen (secondary N) is 1. The van der Waals surface area contributed by atoms with E-state index in [4.69, 9.17) is 9.72 Å². The smallest absolute Gasteiger partial charge is 0.319 e. The second kappa shape index (κ2) is 9.57. The van der Waals surface area contributed by atoms with Crippen molar-refractivity contribution in [2.75, 3.05) is 38.2 Å². The lowest BCUT2D eigenvalue weighted by Crippen LogP contribution is -2.51. The lowest BCUT2D eigenvalue weighted by molar-refractivity contribution is 0.188. The average Bonchev–Trinajstić information content (AvgIpc) is 3.50. The highest BCUT2D eigenvalue weighted by Crippen LogP contribution is 2.40. The fourth-order valence-electron chi connectivity index (χ4n) is 6.54. The fraction of sp³-hybridized carbons (Fsp3) is 0.400. The number of anilines is 1. The van der Waals surface area contributed by atoms with E-state index in [1.807, 2.05) is 12.1 Å². The van der Waals surface area contributed by atoms with Crippen LogP contribution in [0, 0.1) is 11.6 Å². The molecular formula is C30H31F2N5O2. The van der Waals surface area contributed by atoms with Gasteiger partial charge in [0, 0.05) is 36.6 Å². The summed E-state index contributed by atoms with van der Waals surface area (Å²) in [6.45, 7) is 2.82. The van der Waals surface area contributed by atoms with Crippen molar-refractivity contribution in [3.8, 4) is 22.9 Å². The Labute approximate surface area is 225 Å². The molecule has 3 aromatic carbocycles. The van der Waals surface area contributed by atoms with Crippen molar-refractivity contribution in [3.05, 3.63) is 54.1 Å². The number of fused-ring (bicyclic) bond motifs is 4. The Morgan fingerprint density at radius 2 is 1.82 bits per heavy atom. The van der Waals surface area contributed by atoms with E-state index in [9.17, 15) is 5.11 Å². The molecule has 3 fully saturated rings. The van der Waals surface area contributed by atoms with Gasteiger partial charge in [-0.2, -0.15) is 9.97 Å². The zero-order valence-electron chi connectivity index (χ0n) is 21.8. The number of likely N-dealkylation sites (N-methyl/N-ethyl adjacent to an activating group) is 1. The first-order valence-corrected chi connectivity index (χ1v) is 13.7. The number of aromatic nitrogens is 2. The van der Waals surface area contributed by atoms with Gasteiger partial charge in [0.15, 0.2) is 5.82 Å². The number of phenolic OH excluding ortho intramolecular Hbond substituents is 1. The number of aromatic hydroxyl groups is 1. The molecule has 1 aromatic heterocycles. The van der Waals surface area contributed by atoms with E-state index in [1.54, 1.807) is 18.2 Å². The molecule has 0 amide bonds. The molecule has 39 heavy (non-hydrogen) atoms. The lowest BCUT2D eigenvalue weighted by atomic mass is 9.95. The topological polar surface area (TPSA) is 73.8 Å². The van der Waals surface area contributed by atoms with Crippen LogP contribution >= 0.6 is 0 Å². The summed E-state index contributed by atoms with van der Waals surface area (Å²) < 4.78 is 38.4. The Morgan fingerprint density at radius 1 is 1.03 bits per heavy atom. The maximum Gasteiger partial charge on any atom is 0.319 e. The molecule has 9 heteroatoms. The Balaban J connectivity index is 1.39. The number of hydrogen-bond acceptors (Lipinski definition) is 7. The Morgan fingerprint density at radius 3 is 2.59 bits per heavy atom. The van der Waals surface area contributed by atoms with E-state index in [1.165, 1.54) is 12.1 Å². The van der Waals surface area contributed by atoms with Crippen molar-refractivity contribution in [2.45, 2.75) is 43.8 Å². The average molecular weight is 532 g/mol. The molecule has 3 atom stereocenters. The number of nitrogens with zero attached hydrogens (tertiary/aromatic N) is 4. The third-order valence-corrected chi connectivity index (χ3v) is 8.55. The zero-order chi connectivity index (χ0) is 26.7. The monoisotopic (exact) mass is 531 g/mol. The van der Waals surface area contributed by atoms with E-state index < -0.39 is 11.6 Å². The number of ether oxygens (including phenoxy) is 1. The second-order valence-electron chi connectivity index (χ2n) is 11.1. The molecule has 3 aliphatic heterocycles. The molecule has 0 saturated carbocycles. The highest BCUT2D eigenvalue weighted by molar-refractivity contribution is 6.01. The minimum absolute atomic E-state index is 0.0180. The summed E-state index contributed by atoms with van der Waals surface area (Å²) in [5, 5.41) is 15.6. The molecule has 2 N–H and O–H groups in total. The van der Waals surface area contributed by atoms with E-state index in [0.717, 1.165) is 32.2 Å². The summed E-state index contributed by atoms with van der Waals surface area (Å²) in [6, 6.07) is 12.5. The normalized spacial score (nSPS) is 23.3. The summed E-state index contributed by atoms with van der Waals surface area (Å²) in [7, 11) is 2.07. The Bertz CT molecular complexity index is 1570. The first kappa shape index (κ1) is 24.5. The highest BCUT2D eigenvalue weighted by Gasteiger charge is 2.34. The minimum atomic E-state index is -0.787. The van der Waals surface area contributed by atoms with Gasteiger partial charge in [0.2, 0.25) is 0 Å². The van der Waals surface area contributed by atoms with Gasteiger partial charge >= 0.3 is 6.01 Å². The van der Waals surface area contributed by atoms with E-state index in [-0.39, 0.29) is 34.4 Å². The van der Waals surface area contributed by atoms with Crippen LogP contribution in [-0.2, 0) is 0 Å². The van der Waals surface area contributed by atoms with Crippen LogP contribution in [0.4, 0.5) is 14.6 Å². The first-order chi connectivity index (χ1) is 18.9. The Kier molecular flexibility index (Phi) is 6.01. The molecule has 0 aliphatic carbocycles. The first-order valence-electron chi connectivity index (χ1n) is 13.7.